The molecule has 1 saturated heterocycles. The maximum Gasteiger partial charge on any atom is 0.320 e. The highest BCUT2D eigenvalue weighted by molar-refractivity contribution is 5.88. The summed E-state index contributed by atoms with van der Waals surface area (Å²) >= 11 is 0. The van der Waals surface area contributed by atoms with Gasteiger partial charge < -0.3 is 15.1 Å². The topological polar surface area (TPSA) is 90.5 Å². The first-order valence-electron chi connectivity index (χ1n) is 8.91. The fourth-order valence-corrected chi connectivity index (χ4v) is 2.93. The van der Waals surface area contributed by atoms with Gasteiger partial charge in [-0.1, -0.05) is 24.3 Å². The molecule has 0 atom stereocenters. The van der Waals surface area contributed by atoms with Crippen molar-refractivity contribution in [2.24, 2.45) is 0 Å². The maximum absolute atomic E-state index is 12.1. The van der Waals surface area contributed by atoms with Crippen LogP contribution in [0.2, 0.25) is 0 Å². The van der Waals surface area contributed by atoms with Gasteiger partial charge >= 0.3 is 6.03 Å². The van der Waals surface area contributed by atoms with E-state index < -0.39 is 0 Å². The quantitative estimate of drug-likeness (QED) is 0.814. The van der Waals surface area contributed by atoms with Crippen LogP contribution in [-0.2, 0) is 17.9 Å². The molecule has 2 N–H and O–H groups in total. The van der Waals surface area contributed by atoms with Crippen molar-refractivity contribution < 1.29 is 9.59 Å². The van der Waals surface area contributed by atoms with E-state index in [2.05, 4.69) is 20.6 Å². The van der Waals surface area contributed by atoms with Gasteiger partial charge in [0.25, 0.3) is 0 Å². The van der Waals surface area contributed by atoms with E-state index in [0.717, 1.165) is 24.1 Å². The van der Waals surface area contributed by atoms with Gasteiger partial charge in [-0.05, 0) is 17.5 Å². The number of carbonyl (C=O) groups excluding carboxylic acids is 2. The fraction of sp³-hybridized carbons (Fsp3) is 0.368. The number of likely N-dealkylation sites (tertiary alicyclic amines) is 1. The van der Waals surface area contributed by atoms with Crippen molar-refractivity contribution in [1.82, 2.24) is 20.2 Å². The van der Waals surface area contributed by atoms with E-state index in [1.807, 2.05) is 48.2 Å². The molecule has 0 unspecified atom stereocenters. The Kier molecular flexibility index (Phi) is 5.85. The average molecular weight is 368 g/mol. The van der Waals surface area contributed by atoms with Crippen LogP contribution in [0.15, 0.2) is 36.7 Å². The Morgan fingerprint density at radius 2 is 2.04 bits per heavy atom. The van der Waals surface area contributed by atoms with Gasteiger partial charge in [0.05, 0.1) is 0 Å². The third-order valence-corrected chi connectivity index (χ3v) is 4.34. The number of rotatable bonds is 6. The highest BCUT2D eigenvalue weighted by Gasteiger charge is 2.19. The second kappa shape index (κ2) is 8.48. The number of carbonyl (C=O) groups is 2. The van der Waals surface area contributed by atoms with Gasteiger partial charge in [0.1, 0.15) is 18.0 Å². The van der Waals surface area contributed by atoms with Crippen molar-refractivity contribution in [2.45, 2.75) is 25.9 Å². The molecule has 142 valence electrons. The summed E-state index contributed by atoms with van der Waals surface area (Å²) in [6.45, 7) is 1.82. The minimum absolute atomic E-state index is 0.208. The number of nitrogens with one attached hydrogen (secondary N) is 2. The lowest BCUT2D eigenvalue weighted by atomic mass is 10.1. The fourth-order valence-electron chi connectivity index (χ4n) is 2.93. The molecular weight excluding hydrogens is 344 g/mol. The van der Waals surface area contributed by atoms with E-state index in [1.54, 1.807) is 6.07 Å². The molecule has 2 heterocycles. The number of hydrogen-bond acceptors (Lipinski definition) is 5. The summed E-state index contributed by atoms with van der Waals surface area (Å²) in [6, 6.07) is 9.27. The van der Waals surface area contributed by atoms with E-state index in [1.165, 1.54) is 6.33 Å². The Labute approximate surface area is 158 Å². The first kappa shape index (κ1) is 18.6. The highest BCUT2D eigenvalue weighted by Crippen LogP contribution is 2.15. The molecule has 1 fully saturated rings. The smallest absolute Gasteiger partial charge is 0.320 e. The third-order valence-electron chi connectivity index (χ3n) is 4.34. The first-order valence-corrected chi connectivity index (χ1v) is 8.91. The molecule has 1 aromatic heterocycles. The molecule has 2 aromatic rings. The van der Waals surface area contributed by atoms with Gasteiger partial charge in [-0.25, -0.2) is 14.8 Å². The maximum atomic E-state index is 12.1. The molecule has 1 aliphatic rings. The molecule has 0 saturated carbocycles. The third kappa shape index (κ3) is 5.16. The van der Waals surface area contributed by atoms with Crippen molar-refractivity contribution in [1.29, 1.82) is 0 Å². The van der Waals surface area contributed by atoms with E-state index in [0.29, 0.717) is 31.1 Å². The summed E-state index contributed by atoms with van der Waals surface area (Å²) in [5.74, 6) is 1.36. The van der Waals surface area contributed by atoms with Gasteiger partial charge in [0.2, 0.25) is 5.91 Å². The van der Waals surface area contributed by atoms with Crippen LogP contribution in [0, 0.1) is 0 Å². The molecule has 8 nitrogen and oxygen atoms in total. The van der Waals surface area contributed by atoms with Crippen LogP contribution in [0.5, 0.6) is 0 Å². The normalized spacial score (nSPS) is 13.6. The summed E-state index contributed by atoms with van der Waals surface area (Å²) in [5, 5.41) is 5.53. The van der Waals surface area contributed by atoms with Crippen LogP contribution in [0.25, 0.3) is 0 Å². The number of anilines is 2. The second-order valence-corrected chi connectivity index (χ2v) is 6.70. The van der Waals surface area contributed by atoms with Crippen LogP contribution in [0.4, 0.5) is 16.4 Å². The lowest BCUT2D eigenvalue weighted by Gasteiger charge is -2.16. The molecule has 3 amide bonds. The SMILES string of the molecule is CN(C)c1cc(NC(=O)NCc2cccc(CN3CCCC3=O)c2)ncn1. The molecule has 0 aliphatic carbocycles. The Hall–Kier alpha value is -3.16. The predicted octanol–water partition coefficient (Wildman–Crippen LogP) is 1.99. The Balaban J connectivity index is 1.53. The summed E-state index contributed by atoms with van der Waals surface area (Å²) in [4.78, 5) is 35.8. The van der Waals surface area contributed by atoms with Crippen molar-refractivity contribution in [3.63, 3.8) is 0 Å². The summed E-state index contributed by atoms with van der Waals surface area (Å²) in [5.41, 5.74) is 2.04. The summed E-state index contributed by atoms with van der Waals surface area (Å²) in [6.07, 6.45) is 2.98. The van der Waals surface area contributed by atoms with Crippen molar-refractivity contribution in [3.8, 4) is 0 Å². The van der Waals surface area contributed by atoms with Gasteiger partial charge in [-0.15, -0.1) is 0 Å². The van der Waals surface area contributed by atoms with Crippen molar-refractivity contribution >= 4 is 23.6 Å². The molecule has 3 rings (SSSR count). The number of urea groups is 1. The minimum Gasteiger partial charge on any atom is -0.363 e. The summed E-state index contributed by atoms with van der Waals surface area (Å²) < 4.78 is 0. The molecule has 1 aliphatic heterocycles. The predicted molar refractivity (Wildman–Crippen MR) is 103 cm³/mol. The van der Waals surface area contributed by atoms with Gasteiger partial charge in [-0.3, -0.25) is 10.1 Å². The lowest BCUT2D eigenvalue weighted by Crippen LogP contribution is -2.29. The molecule has 0 spiro atoms. The summed E-state index contributed by atoms with van der Waals surface area (Å²) in [7, 11) is 3.74. The second-order valence-electron chi connectivity index (χ2n) is 6.70. The Morgan fingerprint density at radius 3 is 2.78 bits per heavy atom. The number of benzene rings is 1. The Bertz CT molecular complexity index is 823. The van der Waals surface area contributed by atoms with E-state index in [-0.39, 0.29) is 11.9 Å². The number of aromatic nitrogens is 2. The molecule has 0 radical (unpaired) electrons. The highest BCUT2D eigenvalue weighted by atomic mass is 16.2. The van der Waals surface area contributed by atoms with Gasteiger partial charge in [-0.2, -0.15) is 0 Å². The van der Waals surface area contributed by atoms with E-state index >= 15 is 0 Å². The largest absolute Gasteiger partial charge is 0.363 e. The molecule has 8 heteroatoms. The van der Waals surface area contributed by atoms with E-state index in [4.69, 9.17) is 0 Å². The van der Waals surface area contributed by atoms with Crippen LogP contribution >= 0.6 is 0 Å². The van der Waals surface area contributed by atoms with Gasteiger partial charge in [0.15, 0.2) is 0 Å². The van der Waals surface area contributed by atoms with Crippen LogP contribution < -0.4 is 15.5 Å². The lowest BCUT2D eigenvalue weighted by molar-refractivity contribution is -0.128. The van der Waals surface area contributed by atoms with Crippen LogP contribution in [-0.4, -0.2) is 47.4 Å². The first-order chi connectivity index (χ1) is 13.0. The van der Waals surface area contributed by atoms with Crippen LogP contribution in [0.3, 0.4) is 0 Å². The zero-order chi connectivity index (χ0) is 19.2. The molecule has 1 aromatic carbocycles. The molecular formula is C19H24N6O2. The standard InChI is InChI=1S/C19H24N6O2/c1-24(2)17-10-16(21-13-22-17)23-19(27)20-11-14-5-3-6-15(9-14)12-25-8-4-7-18(25)26/h3,5-6,9-10,13H,4,7-8,11-12H2,1-2H3,(H2,20,21,22,23,27). The Morgan fingerprint density at radius 1 is 1.22 bits per heavy atom. The minimum atomic E-state index is -0.335. The van der Waals surface area contributed by atoms with Crippen molar-refractivity contribution in [3.05, 3.63) is 47.8 Å². The number of amides is 3. The van der Waals surface area contributed by atoms with Gasteiger partial charge in [0, 0.05) is 46.2 Å². The van der Waals surface area contributed by atoms with E-state index in [9.17, 15) is 9.59 Å². The monoisotopic (exact) mass is 368 g/mol. The van der Waals surface area contributed by atoms with Crippen LogP contribution in [0.1, 0.15) is 24.0 Å². The number of nitrogens with zero attached hydrogens (tertiary/aromatic N) is 4. The van der Waals surface area contributed by atoms with Crippen molar-refractivity contribution in [2.75, 3.05) is 30.9 Å². The zero-order valence-electron chi connectivity index (χ0n) is 15.6. The zero-order valence-corrected chi connectivity index (χ0v) is 15.6. The molecule has 27 heavy (non-hydrogen) atoms. The molecule has 0 bridgehead atoms. The number of hydrogen-bond donors (Lipinski definition) is 2. The average Bonchev–Trinajstić information content (AvgIpc) is 3.05.